The van der Waals surface area contributed by atoms with Crippen molar-refractivity contribution in [2.45, 2.75) is 90.5 Å². The van der Waals surface area contributed by atoms with Gasteiger partial charge in [-0.2, -0.15) is 0 Å². The van der Waals surface area contributed by atoms with Crippen LogP contribution in [-0.2, 0) is 9.59 Å². The first-order chi connectivity index (χ1) is 11.4. The van der Waals surface area contributed by atoms with Crippen LogP contribution in [0.3, 0.4) is 0 Å². The van der Waals surface area contributed by atoms with Crippen molar-refractivity contribution in [2.75, 3.05) is 21.1 Å². The molecule has 25 heavy (non-hydrogen) atoms. The van der Waals surface area contributed by atoms with Crippen LogP contribution in [0.1, 0.15) is 85.0 Å². The first kappa shape index (κ1) is 23.9. The highest BCUT2D eigenvalue weighted by atomic mass is 16.4. The Kier molecular flexibility index (Phi) is 9.70. The van der Waals surface area contributed by atoms with E-state index in [0.29, 0.717) is 6.42 Å². The molecule has 0 fully saturated rings. The second kappa shape index (κ2) is 10.1. The quantitative estimate of drug-likeness (QED) is 0.294. The molecule has 5 nitrogen and oxygen atoms in total. The molecule has 0 bridgehead atoms. The van der Waals surface area contributed by atoms with E-state index in [1.165, 1.54) is 38.5 Å². The summed E-state index contributed by atoms with van der Waals surface area (Å²) in [5, 5.41) is 21.7. The Morgan fingerprint density at radius 2 is 1.28 bits per heavy atom. The summed E-state index contributed by atoms with van der Waals surface area (Å²) in [6, 6.07) is 0. The number of rotatable bonds is 14. The smallest absolute Gasteiger partial charge is 0.372 e. The van der Waals surface area contributed by atoms with Crippen LogP contribution in [0.4, 0.5) is 0 Å². The van der Waals surface area contributed by atoms with Crippen molar-refractivity contribution in [3.63, 3.8) is 0 Å². The van der Waals surface area contributed by atoms with E-state index >= 15 is 0 Å². The van der Waals surface area contributed by atoms with Crippen molar-refractivity contribution in [3.8, 4) is 0 Å². The predicted molar refractivity (Wildman–Crippen MR) is 99.0 cm³/mol. The van der Waals surface area contributed by atoms with E-state index in [9.17, 15) is 19.8 Å². The van der Waals surface area contributed by atoms with Gasteiger partial charge in [-0.05, 0) is 6.42 Å². The molecule has 0 radical (unpaired) electrons. The van der Waals surface area contributed by atoms with Crippen molar-refractivity contribution >= 4 is 11.9 Å². The minimum absolute atomic E-state index is 0.199. The number of carbonyl (C=O) groups is 2. The Hall–Kier alpha value is -1.10. The molecular weight excluding hydrogens is 318 g/mol. The molecule has 0 spiro atoms. The molecule has 0 rings (SSSR count). The average molecular weight is 358 g/mol. The van der Waals surface area contributed by atoms with Crippen LogP contribution in [0.25, 0.3) is 0 Å². The second-order valence-corrected chi connectivity index (χ2v) is 8.78. The van der Waals surface area contributed by atoms with Crippen molar-refractivity contribution in [1.29, 1.82) is 0 Å². The summed E-state index contributed by atoms with van der Waals surface area (Å²) >= 11 is 0. The monoisotopic (exact) mass is 357 g/mol. The lowest BCUT2D eigenvalue weighted by atomic mass is 9.67. The van der Waals surface area contributed by atoms with Gasteiger partial charge in [0.2, 0.25) is 5.54 Å². The molecule has 0 aliphatic carbocycles. The van der Waals surface area contributed by atoms with Crippen LogP contribution in [-0.4, -0.2) is 48.2 Å². The molecule has 0 aliphatic rings. The zero-order chi connectivity index (χ0) is 19.7. The number of carboxylic acids is 2. The Bertz CT molecular complexity index is 410. The highest BCUT2D eigenvalue weighted by Gasteiger charge is 2.62. The van der Waals surface area contributed by atoms with Crippen molar-refractivity contribution in [3.05, 3.63) is 0 Å². The van der Waals surface area contributed by atoms with Crippen LogP contribution in [0.15, 0.2) is 0 Å². The number of aliphatic carboxylic acids is 2. The second-order valence-electron chi connectivity index (χ2n) is 8.78. The zero-order valence-electron chi connectivity index (χ0n) is 17.2. The van der Waals surface area contributed by atoms with Gasteiger partial charge in [-0.15, -0.1) is 0 Å². The zero-order valence-corrected chi connectivity index (χ0v) is 17.2. The summed E-state index contributed by atoms with van der Waals surface area (Å²) in [5.74, 6) is -2.82. The largest absolute Gasteiger partial charge is 0.543 e. The first-order valence-electron chi connectivity index (χ1n) is 9.71. The van der Waals surface area contributed by atoms with Crippen LogP contribution in [0.2, 0.25) is 0 Å². The maximum absolute atomic E-state index is 12.0. The van der Waals surface area contributed by atoms with Crippen molar-refractivity contribution in [1.82, 2.24) is 0 Å². The van der Waals surface area contributed by atoms with E-state index < -0.39 is 22.9 Å². The summed E-state index contributed by atoms with van der Waals surface area (Å²) < 4.78 is -0.199. The highest BCUT2D eigenvalue weighted by Crippen LogP contribution is 2.42. The fraction of sp³-hybridized carbons (Fsp3) is 0.900. The van der Waals surface area contributed by atoms with Crippen molar-refractivity contribution < 1.29 is 24.3 Å². The molecule has 0 saturated heterocycles. The van der Waals surface area contributed by atoms with Gasteiger partial charge >= 0.3 is 5.97 Å². The van der Waals surface area contributed by atoms with E-state index in [0.717, 1.165) is 19.3 Å². The van der Waals surface area contributed by atoms with E-state index in [4.69, 9.17) is 0 Å². The van der Waals surface area contributed by atoms with Crippen LogP contribution < -0.4 is 5.11 Å². The normalized spacial score (nSPS) is 15.0. The van der Waals surface area contributed by atoms with E-state index in [2.05, 4.69) is 6.92 Å². The Labute approximate surface area is 154 Å². The van der Waals surface area contributed by atoms with Gasteiger partial charge in [-0.3, -0.25) is 0 Å². The molecule has 0 amide bonds. The third-order valence-electron chi connectivity index (χ3n) is 5.50. The molecule has 0 aliphatic heterocycles. The number of hydrogen-bond donors (Lipinski definition) is 1. The molecule has 0 aromatic rings. The molecule has 0 saturated carbocycles. The Morgan fingerprint density at radius 1 is 0.880 bits per heavy atom. The number of unbranched alkanes of at least 4 members (excludes halogenated alkanes) is 8. The van der Waals surface area contributed by atoms with E-state index in [-0.39, 0.29) is 4.48 Å². The lowest BCUT2D eigenvalue weighted by molar-refractivity contribution is -0.914. The SMILES string of the molecule is CCCCCCCCCCCC(C)(C)C(C(=O)[O-])(C(=O)O)[N+](C)(C)C. The third-order valence-corrected chi connectivity index (χ3v) is 5.50. The third kappa shape index (κ3) is 5.98. The number of hydrogen-bond acceptors (Lipinski definition) is 3. The molecule has 0 aromatic carbocycles. The van der Waals surface area contributed by atoms with E-state index in [1.807, 2.05) is 0 Å². The number of nitrogens with zero attached hydrogens (tertiary/aromatic N) is 1. The average Bonchev–Trinajstić information content (AvgIpc) is 2.43. The standard InChI is InChI=1S/C20H39NO4/c1-7-8-9-10-11-12-13-14-15-16-19(2,3)20(17(22)23,18(24)25)21(4,5)6/h7-16H2,1-6H3,(H-,22,23,24,25). The van der Waals surface area contributed by atoms with Gasteiger partial charge in [0.25, 0.3) is 0 Å². The molecule has 5 heteroatoms. The van der Waals surface area contributed by atoms with Gasteiger partial charge in [0.1, 0.15) is 5.97 Å². The number of likely N-dealkylation sites (N-methyl/N-ethyl adjacent to an activating group) is 1. The Balaban J connectivity index is 4.66. The predicted octanol–water partition coefficient (Wildman–Crippen LogP) is 3.21. The van der Waals surface area contributed by atoms with Crippen LogP contribution in [0.5, 0.6) is 0 Å². The van der Waals surface area contributed by atoms with Crippen LogP contribution in [0, 0.1) is 5.41 Å². The lowest BCUT2D eigenvalue weighted by Gasteiger charge is -2.52. The minimum atomic E-state index is -1.97. The minimum Gasteiger partial charge on any atom is -0.543 e. The molecule has 0 aromatic heterocycles. The molecule has 148 valence electrons. The molecule has 0 heterocycles. The maximum atomic E-state index is 12.0. The molecule has 1 atom stereocenters. The molecule has 1 N–H and O–H groups in total. The van der Waals surface area contributed by atoms with Crippen molar-refractivity contribution in [2.24, 2.45) is 5.41 Å². The summed E-state index contributed by atoms with van der Waals surface area (Å²) in [4.78, 5) is 23.9. The number of carboxylic acid groups (broad SMARTS) is 2. The van der Waals surface area contributed by atoms with Gasteiger partial charge in [0, 0.05) is 5.41 Å². The van der Waals surface area contributed by atoms with Gasteiger partial charge in [-0.25, -0.2) is 4.79 Å². The fourth-order valence-corrected chi connectivity index (χ4v) is 4.18. The van der Waals surface area contributed by atoms with Gasteiger partial charge < -0.3 is 19.5 Å². The van der Waals surface area contributed by atoms with Gasteiger partial charge in [-0.1, -0.05) is 78.6 Å². The number of quaternary nitrogens is 1. The summed E-state index contributed by atoms with van der Waals surface area (Å²) in [7, 11) is 4.84. The first-order valence-corrected chi connectivity index (χ1v) is 9.71. The maximum Gasteiger partial charge on any atom is 0.372 e. The number of carbonyl (C=O) groups excluding carboxylic acids is 1. The summed E-state index contributed by atoms with van der Waals surface area (Å²) in [6.07, 6.45) is 11.1. The fourth-order valence-electron chi connectivity index (χ4n) is 4.18. The topological polar surface area (TPSA) is 77.4 Å². The molecular formula is C20H39NO4. The highest BCUT2D eigenvalue weighted by molar-refractivity contribution is 6.01. The summed E-state index contributed by atoms with van der Waals surface area (Å²) in [5.41, 5.74) is -2.87. The summed E-state index contributed by atoms with van der Waals surface area (Å²) in [6.45, 7) is 5.69. The van der Waals surface area contributed by atoms with E-state index in [1.54, 1.807) is 35.0 Å². The molecule has 1 unspecified atom stereocenters. The van der Waals surface area contributed by atoms with Crippen LogP contribution >= 0.6 is 0 Å². The lowest BCUT2D eigenvalue weighted by Crippen LogP contribution is -2.76. The van der Waals surface area contributed by atoms with Gasteiger partial charge in [0.05, 0.1) is 21.1 Å². The Morgan fingerprint density at radius 3 is 1.60 bits per heavy atom. The van der Waals surface area contributed by atoms with Gasteiger partial charge in [0.15, 0.2) is 0 Å².